The number of hydrogen-bond acceptors (Lipinski definition) is 8. The average Bonchev–Trinajstić information content (AvgIpc) is 3.72. The molecule has 5 heterocycles. The van der Waals surface area contributed by atoms with E-state index in [-0.39, 0.29) is 38.5 Å². The fourth-order valence-electron chi connectivity index (χ4n) is 5.21. The second kappa shape index (κ2) is 14.2. The number of carbonyl (C=O) groups excluding carboxylic acids is 2. The van der Waals surface area contributed by atoms with Gasteiger partial charge in [0.2, 0.25) is 0 Å². The van der Waals surface area contributed by atoms with Crippen LogP contribution in [-0.2, 0) is 17.1 Å². The molecule has 2 amide bonds. The molecule has 0 bridgehead atoms. The molecule has 2 N–H and O–H groups in total. The molecule has 0 atom stereocenters. The summed E-state index contributed by atoms with van der Waals surface area (Å²) in [5.74, 6) is -0.828. The highest BCUT2D eigenvalue weighted by Gasteiger charge is 2.38. The van der Waals surface area contributed by atoms with Gasteiger partial charge in [-0.1, -0.05) is 30.3 Å². The lowest BCUT2D eigenvalue weighted by molar-refractivity contribution is -0.143. The topological polar surface area (TPSA) is 142 Å². The number of nitrogens with two attached hydrogens (primary N) is 1. The minimum absolute atomic E-state index is 0.0645. The van der Waals surface area contributed by atoms with Crippen molar-refractivity contribution in [1.82, 2.24) is 34.1 Å². The Kier molecular flexibility index (Phi) is 9.91. The number of alkyl halides is 6. The molecule has 4 aromatic heterocycles. The molecule has 0 saturated carbocycles. The Bertz CT molecular complexity index is 2270. The predicted molar refractivity (Wildman–Crippen MR) is 176 cm³/mol. The van der Waals surface area contributed by atoms with E-state index in [1.54, 1.807) is 54.6 Å². The first-order valence-corrected chi connectivity index (χ1v) is 16.0. The van der Waals surface area contributed by atoms with Crippen molar-refractivity contribution in [3.05, 3.63) is 100 Å². The molecule has 1 saturated heterocycles. The van der Waals surface area contributed by atoms with Crippen molar-refractivity contribution in [1.29, 1.82) is 0 Å². The zero-order valence-electron chi connectivity index (χ0n) is 26.7. The van der Waals surface area contributed by atoms with E-state index < -0.39 is 35.6 Å². The monoisotopic (exact) mass is 790 g/mol. The van der Waals surface area contributed by atoms with Gasteiger partial charge in [-0.15, -0.1) is 0 Å². The number of ether oxygens (including phenoxy) is 2. The van der Waals surface area contributed by atoms with Crippen LogP contribution in [0.25, 0.3) is 33.8 Å². The molecule has 12 nitrogen and oxygen atoms in total. The molecule has 1 aliphatic rings. The molecule has 0 radical (unpaired) electrons. The normalized spacial score (nSPS) is 13.6. The van der Waals surface area contributed by atoms with E-state index in [0.29, 0.717) is 52.2 Å². The number of fused-ring (bicyclic) bond motifs is 2. The van der Waals surface area contributed by atoms with Crippen molar-refractivity contribution in [2.45, 2.75) is 12.4 Å². The summed E-state index contributed by atoms with van der Waals surface area (Å²) in [4.78, 5) is 33.9. The Morgan fingerprint density at radius 1 is 0.808 bits per heavy atom. The molecule has 0 aliphatic carbocycles. The number of benzene rings is 2. The molecule has 1 fully saturated rings. The number of carbonyl (C=O) groups is 2. The van der Waals surface area contributed by atoms with Gasteiger partial charge in [0.05, 0.1) is 36.2 Å². The third-order valence-corrected chi connectivity index (χ3v) is 8.48. The smallest absolute Gasteiger partial charge is 0.433 e. The molecule has 52 heavy (non-hydrogen) atoms. The Morgan fingerprint density at radius 2 is 1.38 bits per heavy atom. The van der Waals surface area contributed by atoms with Crippen molar-refractivity contribution in [3.8, 4) is 28.3 Å². The van der Waals surface area contributed by atoms with Gasteiger partial charge in [-0.25, -0.2) is 19.0 Å². The number of rotatable bonds is 5. The average molecular weight is 792 g/mol. The molecular weight excluding hydrogens is 766 g/mol. The number of hydrogen-bond donors (Lipinski definition) is 1. The largest absolute Gasteiger partial charge is 0.497 e. The van der Waals surface area contributed by atoms with Crippen LogP contribution in [0.1, 0.15) is 32.4 Å². The van der Waals surface area contributed by atoms with Gasteiger partial charge < -0.3 is 20.1 Å². The summed E-state index contributed by atoms with van der Waals surface area (Å²) >= 11 is 3.23. The molecule has 2 aromatic carbocycles. The van der Waals surface area contributed by atoms with E-state index in [2.05, 4.69) is 36.1 Å². The van der Waals surface area contributed by atoms with E-state index in [1.165, 1.54) is 12.0 Å². The summed E-state index contributed by atoms with van der Waals surface area (Å²) in [7, 11) is 1.48. The van der Waals surface area contributed by atoms with Gasteiger partial charge in [-0.05, 0) is 52.3 Å². The Labute approximate surface area is 297 Å². The first kappa shape index (κ1) is 36.2. The first-order valence-electron chi connectivity index (χ1n) is 15.2. The summed E-state index contributed by atoms with van der Waals surface area (Å²) < 4.78 is 92.6. The number of methoxy groups -OCH3 is 1. The van der Waals surface area contributed by atoms with Gasteiger partial charge in [0.25, 0.3) is 11.8 Å². The highest BCUT2D eigenvalue weighted by molar-refractivity contribution is 9.10. The quantitative estimate of drug-likeness (QED) is 0.205. The van der Waals surface area contributed by atoms with E-state index in [9.17, 15) is 35.9 Å². The maximum absolute atomic E-state index is 13.7. The molecular formula is C33H25BrF6N8O4. The fraction of sp³-hybridized carbons (Fsp3) is 0.212. The van der Waals surface area contributed by atoms with Gasteiger partial charge in [0, 0.05) is 30.3 Å². The zero-order chi connectivity index (χ0) is 37.4. The van der Waals surface area contributed by atoms with Gasteiger partial charge in [-0.2, -0.15) is 36.5 Å². The Morgan fingerprint density at radius 3 is 1.96 bits per heavy atom. The second-order valence-electron chi connectivity index (χ2n) is 11.1. The number of nitrogens with zero attached hydrogens (tertiary/aromatic N) is 7. The van der Waals surface area contributed by atoms with E-state index in [0.717, 1.165) is 18.2 Å². The zero-order valence-corrected chi connectivity index (χ0v) is 28.3. The third kappa shape index (κ3) is 7.40. The number of halogens is 7. The minimum atomic E-state index is -4.68. The van der Waals surface area contributed by atoms with Crippen molar-refractivity contribution >= 4 is 39.0 Å². The third-order valence-electron chi connectivity index (χ3n) is 7.75. The Hall–Kier alpha value is -5.56. The van der Waals surface area contributed by atoms with Crippen LogP contribution in [0.15, 0.2) is 77.3 Å². The van der Waals surface area contributed by atoms with Crippen LogP contribution in [0.5, 0.6) is 5.75 Å². The van der Waals surface area contributed by atoms with Gasteiger partial charge in [0.1, 0.15) is 5.75 Å². The van der Waals surface area contributed by atoms with E-state index >= 15 is 0 Å². The van der Waals surface area contributed by atoms with E-state index in [4.69, 9.17) is 15.2 Å². The highest BCUT2D eigenvalue weighted by Crippen LogP contribution is 2.35. The minimum Gasteiger partial charge on any atom is -0.497 e. The van der Waals surface area contributed by atoms with Crippen molar-refractivity contribution in [3.63, 3.8) is 0 Å². The standard InChI is InChI=1S/C18H14BrF3N4O2.C15H11F3N4O2/c19-14-15(17(27)25-6-8-28-9-7-25)24-26-13(18(20,21)22)10-12(23-16(14)26)11-4-2-1-3-5-11;1-24-9-4-2-8(3-5-9)10-6-12(15(16,17)18)22-13(20-10)7-11(21-22)14(19)23/h1-5,10H,6-9H2;2-7H,1H3,(H2,19,23). The molecule has 6 aromatic rings. The second-order valence-corrected chi connectivity index (χ2v) is 11.9. The first-order chi connectivity index (χ1) is 24.7. The van der Waals surface area contributed by atoms with Crippen LogP contribution in [-0.4, -0.2) is 79.3 Å². The number of aromatic nitrogens is 6. The van der Waals surface area contributed by atoms with Gasteiger partial charge in [-0.3, -0.25) is 9.59 Å². The van der Waals surface area contributed by atoms with Crippen LogP contribution in [0.4, 0.5) is 26.3 Å². The fourth-order valence-corrected chi connectivity index (χ4v) is 5.72. The molecule has 0 unspecified atom stereocenters. The maximum atomic E-state index is 13.7. The summed E-state index contributed by atoms with van der Waals surface area (Å²) in [5, 5.41) is 7.52. The van der Waals surface area contributed by atoms with Gasteiger partial charge in [0.15, 0.2) is 34.1 Å². The molecule has 270 valence electrons. The number of primary amides is 1. The maximum Gasteiger partial charge on any atom is 0.433 e. The van der Waals surface area contributed by atoms with Crippen LogP contribution in [0, 0.1) is 0 Å². The highest BCUT2D eigenvalue weighted by atomic mass is 79.9. The van der Waals surface area contributed by atoms with Crippen molar-refractivity contribution < 1.29 is 45.4 Å². The van der Waals surface area contributed by atoms with Crippen LogP contribution < -0.4 is 10.5 Å². The number of morpholine rings is 1. The summed E-state index contributed by atoms with van der Waals surface area (Å²) in [6.45, 7) is 1.46. The molecule has 1 aliphatic heterocycles. The van der Waals surface area contributed by atoms with Crippen molar-refractivity contribution in [2.75, 3.05) is 33.4 Å². The molecule has 0 spiro atoms. The van der Waals surface area contributed by atoms with Gasteiger partial charge >= 0.3 is 12.4 Å². The number of amides is 2. The van der Waals surface area contributed by atoms with Crippen LogP contribution in [0.3, 0.4) is 0 Å². The summed E-state index contributed by atoms with van der Waals surface area (Å²) in [5.41, 5.74) is 3.68. The van der Waals surface area contributed by atoms with Crippen LogP contribution >= 0.6 is 15.9 Å². The molecule has 19 heteroatoms. The van der Waals surface area contributed by atoms with Crippen LogP contribution in [0.2, 0.25) is 0 Å². The Balaban J connectivity index is 0.000000181. The summed E-state index contributed by atoms with van der Waals surface area (Å²) in [6.07, 6.45) is -9.35. The predicted octanol–water partition coefficient (Wildman–Crippen LogP) is 6.17. The lowest BCUT2D eigenvalue weighted by atomic mass is 10.1. The van der Waals surface area contributed by atoms with E-state index in [1.807, 2.05) is 0 Å². The molecule has 7 rings (SSSR count). The lowest BCUT2D eigenvalue weighted by Gasteiger charge is -2.26. The lowest BCUT2D eigenvalue weighted by Crippen LogP contribution is -2.41. The van der Waals surface area contributed by atoms with Crippen molar-refractivity contribution in [2.24, 2.45) is 5.73 Å². The SMILES string of the molecule is COc1ccc(-c2cc(C(F)(F)F)n3nc(C(N)=O)cc3n2)cc1.O=C(c1nn2c(C(F)(F)F)cc(-c3ccccc3)nc2c1Br)N1CCOCC1. The summed E-state index contributed by atoms with van der Waals surface area (Å²) in [6, 6.07) is 17.8.